The molecule has 112 valence electrons. The number of rotatable bonds is 4. The minimum Gasteiger partial charge on any atom is -0.372 e. The average Bonchev–Trinajstić information content (AvgIpc) is 2.43. The Morgan fingerprint density at radius 3 is 2.65 bits per heavy atom. The van der Waals surface area contributed by atoms with Crippen LogP contribution in [-0.4, -0.2) is 30.2 Å². The first kappa shape index (κ1) is 16.1. The van der Waals surface area contributed by atoms with Crippen molar-refractivity contribution in [2.75, 3.05) is 19.7 Å². The molecule has 0 amide bonds. The summed E-state index contributed by atoms with van der Waals surface area (Å²) in [5.74, 6) is 0.518. The first-order chi connectivity index (χ1) is 9.47. The van der Waals surface area contributed by atoms with Gasteiger partial charge in [0.05, 0.1) is 22.3 Å². The molecule has 1 heterocycles. The molecule has 4 heteroatoms. The highest BCUT2D eigenvalue weighted by Gasteiger charge is 2.37. The van der Waals surface area contributed by atoms with Crippen LogP contribution in [0.3, 0.4) is 0 Å². The quantitative estimate of drug-likeness (QED) is 0.803. The van der Waals surface area contributed by atoms with Gasteiger partial charge in [0, 0.05) is 19.6 Å². The van der Waals surface area contributed by atoms with Crippen molar-refractivity contribution in [3.8, 4) is 0 Å². The lowest BCUT2D eigenvalue weighted by Gasteiger charge is -2.45. The van der Waals surface area contributed by atoms with Crippen LogP contribution in [-0.2, 0) is 11.3 Å². The first-order valence-corrected chi connectivity index (χ1v) is 8.02. The van der Waals surface area contributed by atoms with Crippen molar-refractivity contribution < 1.29 is 4.74 Å². The van der Waals surface area contributed by atoms with Crippen molar-refractivity contribution >= 4 is 23.2 Å². The fourth-order valence-electron chi connectivity index (χ4n) is 2.88. The predicted molar refractivity (Wildman–Crippen MR) is 85.6 cm³/mol. The summed E-state index contributed by atoms with van der Waals surface area (Å²) in [6, 6.07) is 5.88. The van der Waals surface area contributed by atoms with E-state index in [-0.39, 0.29) is 5.60 Å². The van der Waals surface area contributed by atoms with Gasteiger partial charge >= 0.3 is 0 Å². The van der Waals surface area contributed by atoms with E-state index in [1.54, 1.807) is 0 Å². The molecule has 0 bridgehead atoms. The topological polar surface area (TPSA) is 12.5 Å². The maximum Gasteiger partial charge on any atom is 0.0829 e. The molecule has 0 saturated carbocycles. The second-order valence-corrected chi connectivity index (χ2v) is 6.70. The number of benzene rings is 1. The van der Waals surface area contributed by atoms with Crippen LogP contribution in [0.5, 0.6) is 0 Å². The van der Waals surface area contributed by atoms with E-state index in [1.807, 2.05) is 18.2 Å². The third-order valence-electron chi connectivity index (χ3n) is 4.33. The van der Waals surface area contributed by atoms with Crippen LogP contribution < -0.4 is 0 Å². The fraction of sp³-hybridized carbons (Fsp3) is 0.625. The van der Waals surface area contributed by atoms with Gasteiger partial charge in [-0.2, -0.15) is 0 Å². The van der Waals surface area contributed by atoms with Crippen LogP contribution in [0.1, 0.15) is 32.8 Å². The average molecular weight is 316 g/mol. The number of halogens is 2. The molecule has 1 fully saturated rings. The molecule has 1 unspecified atom stereocenters. The van der Waals surface area contributed by atoms with Crippen molar-refractivity contribution in [3.05, 3.63) is 33.8 Å². The van der Waals surface area contributed by atoms with Crippen LogP contribution in [0.25, 0.3) is 0 Å². The molecule has 2 rings (SSSR count). The maximum absolute atomic E-state index is 6.10. The van der Waals surface area contributed by atoms with E-state index >= 15 is 0 Å². The molecule has 1 aliphatic heterocycles. The van der Waals surface area contributed by atoms with Gasteiger partial charge in [-0.05, 0) is 30.0 Å². The number of nitrogens with zero attached hydrogens (tertiary/aromatic N) is 1. The van der Waals surface area contributed by atoms with Gasteiger partial charge in [-0.3, -0.25) is 4.90 Å². The second-order valence-electron chi connectivity index (χ2n) is 5.88. The molecule has 1 atom stereocenters. The zero-order chi connectivity index (χ0) is 14.8. The third kappa shape index (κ3) is 3.48. The van der Waals surface area contributed by atoms with Crippen LogP contribution in [0.15, 0.2) is 18.2 Å². The minimum absolute atomic E-state index is 0.0194. The Morgan fingerprint density at radius 1 is 1.30 bits per heavy atom. The fourth-order valence-corrected chi connectivity index (χ4v) is 3.20. The van der Waals surface area contributed by atoms with Crippen molar-refractivity contribution in [1.82, 2.24) is 4.90 Å². The molecule has 0 aromatic heterocycles. The summed E-state index contributed by atoms with van der Waals surface area (Å²) in [6.07, 6.45) is 1.04. The van der Waals surface area contributed by atoms with E-state index in [0.717, 1.165) is 32.7 Å². The molecule has 2 nitrogen and oxygen atoms in total. The Kier molecular flexibility index (Phi) is 5.36. The lowest BCUT2D eigenvalue weighted by molar-refractivity contribution is -0.138. The minimum atomic E-state index is -0.0194. The van der Waals surface area contributed by atoms with Crippen molar-refractivity contribution in [3.63, 3.8) is 0 Å². The molecule has 1 saturated heterocycles. The van der Waals surface area contributed by atoms with E-state index in [1.165, 1.54) is 5.56 Å². The zero-order valence-corrected chi connectivity index (χ0v) is 14.0. The monoisotopic (exact) mass is 315 g/mol. The van der Waals surface area contributed by atoms with Crippen molar-refractivity contribution in [1.29, 1.82) is 0 Å². The molecular weight excluding hydrogens is 293 g/mol. The predicted octanol–water partition coefficient (Wildman–Crippen LogP) is 4.63. The van der Waals surface area contributed by atoms with Crippen molar-refractivity contribution in [2.45, 2.75) is 39.3 Å². The van der Waals surface area contributed by atoms with Crippen molar-refractivity contribution in [2.24, 2.45) is 5.92 Å². The summed E-state index contributed by atoms with van der Waals surface area (Å²) in [5, 5.41) is 1.24. The van der Waals surface area contributed by atoms with Gasteiger partial charge in [-0.25, -0.2) is 0 Å². The van der Waals surface area contributed by atoms with E-state index in [2.05, 4.69) is 25.7 Å². The van der Waals surface area contributed by atoms with Crippen LogP contribution in [0.2, 0.25) is 10.0 Å². The van der Waals surface area contributed by atoms with Crippen LogP contribution >= 0.6 is 23.2 Å². The highest BCUT2D eigenvalue weighted by molar-refractivity contribution is 6.42. The normalized spacial score (nSPS) is 24.3. The lowest BCUT2D eigenvalue weighted by Crippen LogP contribution is -2.54. The van der Waals surface area contributed by atoms with E-state index in [9.17, 15) is 0 Å². The Labute approximate surface area is 132 Å². The molecular formula is C16H23Cl2NO. The Morgan fingerprint density at radius 2 is 2.05 bits per heavy atom. The summed E-state index contributed by atoms with van der Waals surface area (Å²) in [6.45, 7) is 10.3. The number of hydrogen-bond acceptors (Lipinski definition) is 2. The summed E-state index contributed by atoms with van der Waals surface area (Å²) < 4.78 is 6.10. The molecule has 1 aromatic rings. The van der Waals surface area contributed by atoms with E-state index in [0.29, 0.717) is 16.0 Å². The number of ether oxygens (including phenoxy) is 1. The molecule has 1 aliphatic rings. The third-order valence-corrected chi connectivity index (χ3v) is 5.07. The molecule has 20 heavy (non-hydrogen) atoms. The molecule has 0 radical (unpaired) electrons. The number of morpholine rings is 1. The smallest absolute Gasteiger partial charge is 0.0829 e. The maximum atomic E-state index is 6.10. The largest absolute Gasteiger partial charge is 0.372 e. The van der Waals surface area contributed by atoms with Gasteiger partial charge < -0.3 is 4.74 Å². The van der Waals surface area contributed by atoms with Gasteiger partial charge in [-0.1, -0.05) is 50.0 Å². The lowest BCUT2D eigenvalue weighted by atomic mass is 9.86. The highest BCUT2D eigenvalue weighted by atomic mass is 35.5. The van der Waals surface area contributed by atoms with Crippen LogP contribution in [0, 0.1) is 5.92 Å². The first-order valence-electron chi connectivity index (χ1n) is 7.27. The van der Waals surface area contributed by atoms with Gasteiger partial charge in [0.2, 0.25) is 0 Å². The SMILES string of the molecule is CCC1(C(C)C)CN(Cc2ccc(Cl)c(Cl)c2)CCO1. The summed E-state index contributed by atoms with van der Waals surface area (Å²) in [7, 11) is 0. The van der Waals surface area contributed by atoms with Gasteiger partial charge in [0.1, 0.15) is 0 Å². The Balaban J connectivity index is 2.07. The molecule has 0 spiro atoms. The molecule has 1 aromatic carbocycles. The summed E-state index contributed by atoms with van der Waals surface area (Å²) in [4.78, 5) is 2.45. The van der Waals surface area contributed by atoms with Gasteiger partial charge in [0.25, 0.3) is 0 Å². The highest BCUT2D eigenvalue weighted by Crippen LogP contribution is 2.31. The molecule has 0 N–H and O–H groups in total. The zero-order valence-electron chi connectivity index (χ0n) is 12.5. The summed E-state index contributed by atoms with van der Waals surface area (Å²) in [5.41, 5.74) is 1.18. The standard InChI is InChI=1S/C16H23Cl2NO/c1-4-16(12(2)3)11-19(7-8-20-16)10-13-5-6-14(17)15(18)9-13/h5-6,9,12H,4,7-8,10-11H2,1-3H3. The van der Waals surface area contributed by atoms with E-state index < -0.39 is 0 Å². The number of hydrogen-bond donors (Lipinski definition) is 0. The Bertz CT molecular complexity index is 464. The van der Waals surface area contributed by atoms with Crippen LogP contribution in [0.4, 0.5) is 0 Å². The van der Waals surface area contributed by atoms with Gasteiger partial charge in [0.15, 0.2) is 0 Å². The van der Waals surface area contributed by atoms with Gasteiger partial charge in [-0.15, -0.1) is 0 Å². The Hall–Kier alpha value is -0.280. The summed E-state index contributed by atoms with van der Waals surface area (Å²) >= 11 is 12.1. The second kappa shape index (κ2) is 6.65. The van der Waals surface area contributed by atoms with E-state index in [4.69, 9.17) is 27.9 Å². The molecule has 0 aliphatic carbocycles.